The summed E-state index contributed by atoms with van der Waals surface area (Å²) in [5, 5.41) is 7.25. The van der Waals surface area contributed by atoms with Crippen molar-refractivity contribution in [3.05, 3.63) is 99.7 Å². The van der Waals surface area contributed by atoms with Crippen LogP contribution in [0.2, 0.25) is 5.02 Å². The molecule has 2 aliphatic heterocycles. The zero-order valence-electron chi connectivity index (χ0n) is 16.5. The van der Waals surface area contributed by atoms with Gasteiger partial charge in [0, 0.05) is 21.5 Å². The van der Waals surface area contributed by atoms with Crippen LogP contribution in [0.1, 0.15) is 33.9 Å². The molecule has 0 unspecified atom stereocenters. The lowest BCUT2D eigenvalue weighted by Gasteiger charge is -2.34. The predicted molar refractivity (Wildman–Crippen MR) is 119 cm³/mol. The van der Waals surface area contributed by atoms with Gasteiger partial charge in [0.25, 0.3) is 5.91 Å². The number of aryl methyl sites for hydroxylation is 1. The van der Waals surface area contributed by atoms with E-state index in [-0.39, 0.29) is 11.8 Å². The summed E-state index contributed by atoms with van der Waals surface area (Å²) < 4.78 is 0. The molecule has 0 bridgehead atoms. The first kappa shape index (κ1) is 17.8. The van der Waals surface area contributed by atoms with Gasteiger partial charge in [0.2, 0.25) is 5.54 Å². The van der Waals surface area contributed by atoms with Gasteiger partial charge in [-0.1, -0.05) is 60.1 Å². The third kappa shape index (κ3) is 2.18. The van der Waals surface area contributed by atoms with Gasteiger partial charge in [0.05, 0.1) is 29.4 Å². The second kappa shape index (κ2) is 6.21. The monoisotopic (exact) mass is 414 g/mol. The first-order valence-electron chi connectivity index (χ1n) is 10.2. The van der Waals surface area contributed by atoms with Gasteiger partial charge in [0.15, 0.2) is 0 Å². The maximum atomic E-state index is 13.5. The molecule has 4 aromatic rings. The quantitative estimate of drug-likeness (QED) is 0.432. The van der Waals surface area contributed by atoms with E-state index in [0.717, 1.165) is 50.5 Å². The lowest BCUT2D eigenvalue weighted by Crippen LogP contribution is -2.99. The lowest BCUT2D eigenvalue weighted by atomic mass is 9.76. The Labute approximate surface area is 179 Å². The number of hydrogen-bond acceptors (Lipinski definition) is 1. The van der Waals surface area contributed by atoms with Gasteiger partial charge in [0.1, 0.15) is 0 Å². The van der Waals surface area contributed by atoms with Crippen LogP contribution in [0.15, 0.2) is 66.7 Å². The highest BCUT2D eigenvalue weighted by atomic mass is 35.5. The summed E-state index contributed by atoms with van der Waals surface area (Å²) in [6.45, 7) is 2.78. The molecule has 1 aromatic heterocycles. The molecule has 0 saturated heterocycles. The minimum absolute atomic E-state index is 0.0113. The Balaban J connectivity index is 1.68. The first-order valence-corrected chi connectivity index (χ1v) is 10.6. The number of H-pyrrole nitrogens is 1. The van der Waals surface area contributed by atoms with Gasteiger partial charge in [-0.15, -0.1) is 0 Å². The average Bonchev–Trinajstić information content (AvgIpc) is 3.28. The number of para-hydroxylation sites is 2. The van der Waals surface area contributed by atoms with Gasteiger partial charge < -0.3 is 15.6 Å². The van der Waals surface area contributed by atoms with E-state index in [1.165, 1.54) is 5.56 Å². The highest BCUT2D eigenvalue weighted by Crippen LogP contribution is 2.47. The third-order valence-electron chi connectivity index (χ3n) is 6.72. The number of carbonyl (C=O) groups excluding carboxylic acids is 1. The number of fused-ring (bicyclic) bond motifs is 6. The molecule has 1 spiro atoms. The Bertz CT molecular complexity index is 1340. The maximum Gasteiger partial charge on any atom is 0.297 e. The maximum absolute atomic E-state index is 13.5. The molecule has 6 rings (SSSR count). The molecule has 0 radical (unpaired) electrons. The third-order valence-corrected chi connectivity index (χ3v) is 7.07. The molecule has 3 heterocycles. The molecule has 2 atom stereocenters. The van der Waals surface area contributed by atoms with Gasteiger partial charge >= 0.3 is 0 Å². The Morgan fingerprint density at radius 1 is 1.03 bits per heavy atom. The van der Waals surface area contributed by atoms with E-state index in [2.05, 4.69) is 45.9 Å². The molecular formula is C25H21ClN3O+. The van der Waals surface area contributed by atoms with Crippen molar-refractivity contribution < 1.29 is 10.1 Å². The van der Waals surface area contributed by atoms with Crippen molar-refractivity contribution in [1.82, 2.24) is 4.98 Å². The van der Waals surface area contributed by atoms with Crippen LogP contribution in [0.4, 0.5) is 5.69 Å². The zero-order valence-corrected chi connectivity index (χ0v) is 17.3. The molecule has 0 saturated carbocycles. The minimum Gasteiger partial charge on any atom is -0.352 e. The van der Waals surface area contributed by atoms with E-state index in [1.807, 2.05) is 43.3 Å². The SMILES string of the molecule is Cc1cccc2c1NC(=O)[C@@]21[NH2+]C[C@H](c2ccccc2Cl)c2c1[nH]c1ccccc21. The lowest BCUT2D eigenvalue weighted by molar-refractivity contribution is -0.715. The number of benzene rings is 3. The molecule has 3 aromatic carbocycles. The van der Waals surface area contributed by atoms with Crippen molar-refractivity contribution in [3.8, 4) is 0 Å². The fourth-order valence-corrected chi connectivity index (χ4v) is 5.61. The highest BCUT2D eigenvalue weighted by Gasteiger charge is 2.58. The zero-order chi connectivity index (χ0) is 20.5. The summed E-state index contributed by atoms with van der Waals surface area (Å²) in [5.41, 5.74) is 6.50. The largest absolute Gasteiger partial charge is 0.352 e. The standard InChI is InChI=1S/C25H20ClN3O/c1-14-7-6-10-18-22(14)29-24(30)25(18)23-21(16-9-3-5-12-20(16)28-23)17(13-27-25)15-8-2-4-11-19(15)26/h2-12,17,27-28H,13H2,1H3,(H,29,30)/p+1/t17-,25-/m1/s1. The van der Waals surface area contributed by atoms with Gasteiger partial charge in [-0.25, -0.2) is 0 Å². The number of aromatic nitrogens is 1. The molecule has 2 aliphatic rings. The smallest absolute Gasteiger partial charge is 0.297 e. The van der Waals surface area contributed by atoms with Crippen molar-refractivity contribution in [2.24, 2.45) is 0 Å². The summed E-state index contributed by atoms with van der Waals surface area (Å²) in [6, 6.07) is 22.5. The number of amides is 1. The number of carbonyl (C=O) groups is 1. The molecule has 1 amide bonds. The van der Waals surface area contributed by atoms with E-state index in [0.29, 0.717) is 0 Å². The van der Waals surface area contributed by atoms with Crippen LogP contribution in [-0.2, 0) is 10.3 Å². The Morgan fingerprint density at radius 3 is 2.70 bits per heavy atom. The van der Waals surface area contributed by atoms with Crippen LogP contribution in [0.5, 0.6) is 0 Å². The highest BCUT2D eigenvalue weighted by molar-refractivity contribution is 6.31. The van der Waals surface area contributed by atoms with Crippen molar-refractivity contribution >= 4 is 34.1 Å². The van der Waals surface area contributed by atoms with Crippen LogP contribution in [0, 0.1) is 6.92 Å². The average molecular weight is 415 g/mol. The topological polar surface area (TPSA) is 61.5 Å². The Kier molecular flexibility index (Phi) is 3.67. The predicted octanol–water partition coefficient (Wildman–Crippen LogP) is 4.03. The van der Waals surface area contributed by atoms with E-state index in [1.54, 1.807) is 0 Å². The van der Waals surface area contributed by atoms with Crippen molar-refractivity contribution in [1.29, 1.82) is 0 Å². The fourth-order valence-electron chi connectivity index (χ4n) is 5.34. The fraction of sp³-hybridized carbons (Fsp3) is 0.160. The van der Waals surface area contributed by atoms with Crippen LogP contribution in [0.3, 0.4) is 0 Å². The van der Waals surface area contributed by atoms with Crippen LogP contribution >= 0.6 is 11.6 Å². The van der Waals surface area contributed by atoms with Crippen LogP contribution in [0.25, 0.3) is 10.9 Å². The van der Waals surface area contributed by atoms with E-state index >= 15 is 0 Å². The molecule has 4 N–H and O–H groups in total. The van der Waals surface area contributed by atoms with Crippen molar-refractivity contribution in [2.45, 2.75) is 18.4 Å². The van der Waals surface area contributed by atoms with Crippen molar-refractivity contribution in [2.75, 3.05) is 11.9 Å². The molecule has 5 heteroatoms. The number of halogens is 1. The van der Waals surface area contributed by atoms with Crippen molar-refractivity contribution in [3.63, 3.8) is 0 Å². The normalized spacial score (nSPS) is 22.2. The van der Waals surface area contributed by atoms with Gasteiger partial charge in [-0.05, 0) is 36.2 Å². The number of hydrogen-bond donors (Lipinski definition) is 3. The molecule has 0 fully saturated rings. The summed E-state index contributed by atoms with van der Waals surface area (Å²) in [7, 11) is 0. The molecule has 0 aliphatic carbocycles. The van der Waals surface area contributed by atoms with E-state index in [9.17, 15) is 4.79 Å². The first-order chi connectivity index (χ1) is 14.6. The summed E-state index contributed by atoms with van der Waals surface area (Å²) in [5.74, 6) is 0.106. The Morgan fingerprint density at radius 2 is 1.83 bits per heavy atom. The van der Waals surface area contributed by atoms with Crippen LogP contribution < -0.4 is 10.6 Å². The second-order valence-corrected chi connectivity index (χ2v) is 8.64. The number of aromatic amines is 1. The summed E-state index contributed by atoms with van der Waals surface area (Å²) >= 11 is 6.62. The molecule has 30 heavy (non-hydrogen) atoms. The van der Waals surface area contributed by atoms with Gasteiger partial charge in [-0.2, -0.15) is 0 Å². The molecule has 4 nitrogen and oxygen atoms in total. The number of rotatable bonds is 1. The second-order valence-electron chi connectivity index (χ2n) is 8.23. The number of nitrogens with one attached hydrogen (secondary N) is 2. The summed E-state index contributed by atoms with van der Waals surface area (Å²) in [4.78, 5) is 17.1. The molecule has 148 valence electrons. The number of quaternary nitrogens is 1. The van der Waals surface area contributed by atoms with E-state index in [4.69, 9.17) is 11.6 Å². The Hall–Kier alpha value is -3.08. The minimum atomic E-state index is -0.812. The molecular weight excluding hydrogens is 394 g/mol. The number of nitrogens with two attached hydrogens (primary N) is 1. The van der Waals surface area contributed by atoms with Crippen LogP contribution in [-0.4, -0.2) is 17.4 Å². The van der Waals surface area contributed by atoms with E-state index < -0.39 is 5.54 Å². The number of anilines is 1. The van der Waals surface area contributed by atoms with Gasteiger partial charge in [-0.3, -0.25) is 4.79 Å². The summed E-state index contributed by atoms with van der Waals surface area (Å²) in [6.07, 6.45) is 0.